The summed E-state index contributed by atoms with van der Waals surface area (Å²) in [4.78, 5) is 16.2. The highest BCUT2D eigenvalue weighted by Gasteiger charge is 2.16. The van der Waals surface area contributed by atoms with E-state index < -0.39 is 5.82 Å². The number of hydrogen-bond donors (Lipinski definition) is 1. The highest BCUT2D eigenvalue weighted by Crippen LogP contribution is 2.26. The Hall–Kier alpha value is -2.54. The van der Waals surface area contributed by atoms with Gasteiger partial charge in [-0.25, -0.2) is 14.4 Å². The third-order valence-electron chi connectivity index (χ3n) is 4.17. The highest BCUT2D eigenvalue weighted by atomic mass is 19.1. The van der Waals surface area contributed by atoms with Crippen LogP contribution in [0.1, 0.15) is 5.56 Å². The van der Waals surface area contributed by atoms with Crippen molar-refractivity contribution >= 4 is 29.9 Å². The minimum Gasteiger partial charge on any atom is -0.369 e. The van der Waals surface area contributed by atoms with Crippen LogP contribution in [-0.4, -0.2) is 54.8 Å². The van der Waals surface area contributed by atoms with Gasteiger partial charge in [0.05, 0.1) is 6.20 Å². The van der Waals surface area contributed by atoms with E-state index in [1.165, 1.54) is 11.3 Å². The molecule has 0 radical (unpaired) electrons. The molecule has 3 rings (SSSR count). The minimum atomic E-state index is -0.586. The molecule has 24 heavy (non-hydrogen) atoms. The molecule has 7 heteroatoms. The number of rotatable bonds is 4. The minimum absolute atomic E-state index is 0.0571. The molecular formula is C17H21FN6. The molecule has 1 N–H and O–H groups in total. The van der Waals surface area contributed by atoms with Gasteiger partial charge in [-0.2, -0.15) is 4.98 Å². The van der Waals surface area contributed by atoms with E-state index in [0.717, 1.165) is 38.1 Å². The fourth-order valence-electron chi connectivity index (χ4n) is 2.79. The molecule has 0 aliphatic carbocycles. The third kappa shape index (κ3) is 3.51. The molecule has 1 aliphatic rings. The van der Waals surface area contributed by atoms with Crippen molar-refractivity contribution in [3.63, 3.8) is 0 Å². The van der Waals surface area contributed by atoms with E-state index >= 15 is 0 Å². The summed E-state index contributed by atoms with van der Waals surface area (Å²) in [6.07, 6.45) is 1.09. The van der Waals surface area contributed by atoms with E-state index in [4.69, 9.17) is 0 Å². The summed E-state index contributed by atoms with van der Waals surface area (Å²) >= 11 is 0. The molecule has 126 valence electrons. The van der Waals surface area contributed by atoms with Crippen molar-refractivity contribution in [2.45, 2.75) is 6.92 Å². The average Bonchev–Trinajstić information content (AvgIpc) is 2.58. The molecule has 1 aromatic carbocycles. The zero-order valence-electron chi connectivity index (χ0n) is 14.0. The van der Waals surface area contributed by atoms with E-state index in [1.54, 1.807) is 0 Å². The molecular weight excluding hydrogens is 307 g/mol. The Morgan fingerprint density at radius 3 is 2.67 bits per heavy atom. The Morgan fingerprint density at radius 2 is 2.00 bits per heavy atom. The van der Waals surface area contributed by atoms with Crippen LogP contribution >= 0.6 is 0 Å². The van der Waals surface area contributed by atoms with Crippen molar-refractivity contribution < 1.29 is 4.39 Å². The molecule has 1 saturated heterocycles. The Kier molecular flexibility index (Phi) is 4.71. The van der Waals surface area contributed by atoms with Crippen LogP contribution in [-0.2, 0) is 0 Å². The number of nitrogens with zero attached hydrogens (tertiary/aromatic N) is 5. The van der Waals surface area contributed by atoms with Crippen molar-refractivity contribution in [2.75, 3.05) is 43.4 Å². The molecule has 6 nitrogen and oxygen atoms in total. The number of benzene rings is 1. The normalized spacial score (nSPS) is 15.4. The van der Waals surface area contributed by atoms with Crippen molar-refractivity contribution in [3.05, 3.63) is 35.8 Å². The maximum absolute atomic E-state index is 13.4. The zero-order chi connectivity index (χ0) is 17.1. The molecule has 0 spiro atoms. The average molecular weight is 328 g/mol. The third-order valence-corrected chi connectivity index (χ3v) is 4.17. The molecule has 1 aromatic heterocycles. The molecule has 2 heterocycles. The molecule has 2 aromatic rings. The first-order valence-electron chi connectivity index (χ1n) is 7.87. The first kappa shape index (κ1) is 16.3. The van der Waals surface area contributed by atoms with Crippen LogP contribution in [0.4, 0.5) is 27.5 Å². The van der Waals surface area contributed by atoms with E-state index in [0.29, 0.717) is 5.95 Å². The predicted molar refractivity (Wildman–Crippen MR) is 95.4 cm³/mol. The zero-order valence-corrected chi connectivity index (χ0v) is 14.0. The monoisotopic (exact) mass is 328 g/mol. The quantitative estimate of drug-likeness (QED) is 0.875. The van der Waals surface area contributed by atoms with Gasteiger partial charge in [0.15, 0.2) is 11.6 Å². The van der Waals surface area contributed by atoms with Gasteiger partial charge in [-0.05, 0) is 44.5 Å². The van der Waals surface area contributed by atoms with Crippen molar-refractivity contribution in [2.24, 2.45) is 4.99 Å². The fraction of sp³-hybridized carbons (Fsp3) is 0.353. The molecule has 0 atom stereocenters. The van der Waals surface area contributed by atoms with Crippen molar-refractivity contribution in [3.8, 4) is 0 Å². The van der Waals surface area contributed by atoms with Crippen LogP contribution in [0.3, 0.4) is 0 Å². The Bertz CT molecular complexity index is 740. The van der Waals surface area contributed by atoms with Gasteiger partial charge in [0.25, 0.3) is 0 Å². The number of likely N-dealkylation sites (N-methyl/N-ethyl adjacent to an activating group) is 1. The van der Waals surface area contributed by atoms with Crippen LogP contribution in [0.15, 0.2) is 29.4 Å². The summed E-state index contributed by atoms with van der Waals surface area (Å²) in [5.74, 6) is -0.346. The van der Waals surface area contributed by atoms with Crippen LogP contribution < -0.4 is 10.2 Å². The standard InChI is InChI=1S/C17H21FN6/c1-12-10-13(21-17-20-11-14(18)16(19-2)22-17)4-5-15(12)24-8-6-23(3)7-9-24/h4-5,10-11H,2,6-9H2,1,3H3,(H,20,21,22). The van der Waals surface area contributed by atoms with Gasteiger partial charge < -0.3 is 15.1 Å². The number of hydrogen-bond acceptors (Lipinski definition) is 6. The number of halogens is 1. The molecule has 0 bridgehead atoms. The summed E-state index contributed by atoms with van der Waals surface area (Å²) in [7, 11) is 2.15. The van der Waals surface area contributed by atoms with E-state index in [-0.39, 0.29) is 5.82 Å². The van der Waals surface area contributed by atoms with Crippen LogP contribution in [0.25, 0.3) is 0 Å². The molecule has 0 amide bonds. The number of anilines is 3. The number of nitrogens with one attached hydrogen (secondary N) is 1. The summed E-state index contributed by atoms with van der Waals surface area (Å²) < 4.78 is 13.4. The predicted octanol–water partition coefficient (Wildman–Crippen LogP) is 2.75. The second-order valence-electron chi connectivity index (χ2n) is 5.94. The first-order chi connectivity index (χ1) is 11.6. The fourth-order valence-corrected chi connectivity index (χ4v) is 2.79. The van der Waals surface area contributed by atoms with Crippen LogP contribution in [0, 0.1) is 12.7 Å². The van der Waals surface area contributed by atoms with Gasteiger partial charge >= 0.3 is 0 Å². The lowest BCUT2D eigenvalue weighted by atomic mass is 10.1. The lowest BCUT2D eigenvalue weighted by Crippen LogP contribution is -2.44. The SMILES string of the molecule is C=Nc1nc(Nc2ccc(N3CCN(C)CC3)c(C)c2)ncc1F. The van der Waals surface area contributed by atoms with Gasteiger partial charge in [-0.15, -0.1) is 0 Å². The first-order valence-corrected chi connectivity index (χ1v) is 7.87. The summed E-state index contributed by atoms with van der Waals surface area (Å²) in [6.45, 7) is 9.58. The Morgan fingerprint density at radius 1 is 1.25 bits per heavy atom. The number of aliphatic imine (C=N–C) groups is 1. The second-order valence-corrected chi connectivity index (χ2v) is 5.94. The van der Waals surface area contributed by atoms with Gasteiger partial charge in [0.2, 0.25) is 5.95 Å². The molecule has 0 saturated carbocycles. The Balaban J connectivity index is 1.76. The summed E-state index contributed by atoms with van der Waals surface area (Å²) in [5, 5.41) is 3.08. The smallest absolute Gasteiger partial charge is 0.229 e. The van der Waals surface area contributed by atoms with E-state index in [2.05, 4.69) is 56.8 Å². The number of aryl methyl sites for hydroxylation is 1. The van der Waals surface area contributed by atoms with Crippen LogP contribution in [0.2, 0.25) is 0 Å². The summed E-state index contributed by atoms with van der Waals surface area (Å²) in [5.41, 5.74) is 3.27. The number of piperazine rings is 1. The van der Waals surface area contributed by atoms with Gasteiger partial charge in [0, 0.05) is 37.6 Å². The molecule has 1 fully saturated rings. The number of aromatic nitrogens is 2. The largest absolute Gasteiger partial charge is 0.369 e. The van der Waals surface area contributed by atoms with Gasteiger partial charge in [0.1, 0.15) is 0 Å². The molecule has 1 aliphatic heterocycles. The maximum Gasteiger partial charge on any atom is 0.229 e. The van der Waals surface area contributed by atoms with Gasteiger partial charge in [-0.1, -0.05) is 0 Å². The highest BCUT2D eigenvalue weighted by molar-refractivity contribution is 5.64. The van der Waals surface area contributed by atoms with E-state index in [9.17, 15) is 4.39 Å². The Labute approximate surface area is 141 Å². The second kappa shape index (κ2) is 6.92. The summed E-state index contributed by atoms with van der Waals surface area (Å²) in [6, 6.07) is 6.12. The topological polar surface area (TPSA) is 56.7 Å². The lowest BCUT2D eigenvalue weighted by Gasteiger charge is -2.35. The lowest BCUT2D eigenvalue weighted by molar-refractivity contribution is 0.312. The molecule has 0 unspecified atom stereocenters. The van der Waals surface area contributed by atoms with Gasteiger partial charge in [-0.3, -0.25) is 0 Å². The van der Waals surface area contributed by atoms with Crippen LogP contribution in [0.5, 0.6) is 0 Å². The van der Waals surface area contributed by atoms with E-state index in [1.807, 2.05) is 12.1 Å². The maximum atomic E-state index is 13.4. The van der Waals surface area contributed by atoms with Crippen molar-refractivity contribution in [1.82, 2.24) is 14.9 Å². The van der Waals surface area contributed by atoms with Crippen molar-refractivity contribution in [1.29, 1.82) is 0 Å².